The largest absolute Gasteiger partial charge is 0.487 e. The molecule has 1 fully saturated rings. The average molecular weight is 266 g/mol. The maximum Gasteiger partial charge on any atom is 0.172 e. The molecule has 1 aromatic rings. The summed E-state index contributed by atoms with van der Waals surface area (Å²) in [6, 6.07) is 7.31. The number of hydrogen-bond donors (Lipinski definition) is 0. The van der Waals surface area contributed by atoms with Gasteiger partial charge in [-0.25, -0.2) is 0 Å². The Balaban J connectivity index is 1.82. The molecule has 0 amide bonds. The molecule has 1 atom stereocenters. The lowest BCUT2D eigenvalue weighted by Crippen LogP contribution is -2.14. The van der Waals surface area contributed by atoms with Gasteiger partial charge in [0.25, 0.3) is 0 Å². The molecule has 2 rings (SSSR count). The second kappa shape index (κ2) is 7.11. The predicted molar refractivity (Wildman–Crippen MR) is 68.7 cm³/mol. The fraction of sp³-hybridized carbons (Fsp3) is 0.500. The van der Waals surface area contributed by atoms with Crippen LogP contribution in [0.25, 0.3) is 0 Å². The average Bonchev–Trinajstić information content (AvgIpc) is 3.25. The number of para-hydroxylation sites is 2. The Labute approximate surface area is 112 Å². The summed E-state index contributed by atoms with van der Waals surface area (Å²) in [6.45, 7) is 1.71. The molecule has 1 aromatic carbocycles. The van der Waals surface area contributed by atoms with Gasteiger partial charge in [-0.3, -0.25) is 4.79 Å². The van der Waals surface area contributed by atoms with E-state index >= 15 is 0 Å². The van der Waals surface area contributed by atoms with Crippen molar-refractivity contribution in [3.8, 4) is 11.5 Å². The summed E-state index contributed by atoms with van der Waals surface area (Å²) in [7, 11) is 1.57. The highest BCUT2D eigenvalue weighted by molar-refractivity contribution is 5.80. The molecule has 0 aromatic heterocycles. The number of ketones is 1. The van der Waals surface area contributed by atoms with E-state index < -0.39 is 0 Å². The molecule has 5 nitrogen and oxygen atoms in total. The van der Waals surface area contributed by atoms with E-state index in [0.717, 1.165) is 6.61 Å². The van der Waals surface area contributed by atoms with Gasteiger partial charge in [-0.05, 0) is 12.1 Å². The Morgan fingerprint density at radius 2 is 2.00 bits per heavy atom. The third-order valence-corrected chi connectivity index (χ3v) is 2.65. The second-order valence-electron chi connectivity index (χ2n) is 4.28. The topological polar surface area (TPSA) is 57.3 Å². The minimum absolute atomic E-state index is 0.00202. The predicted octanol–water partition coefficient (Wildman–Crippen LogP) is 1.45. The molecule has 0 spiro atoms. The van der Waals surface area contributed by atoms with E-state index in [1.807, 2.05) is 18.2 Å². The van der Waals surface area contributed by atoms with Gasteiger partial charge in [0, 0.05) is 13.5 Å². The fourth-order valence-corrected chi connectivity index (χ4v) is 1.48. The zero-order chi connectivity index (χ0) is 13.5. The molecule has 1 saturated heterocycles. The van der Waals surface area contributed by atoms with Gasteiger partial charge in [0.15, 0.2) is 17.3 Å². The van der Waals surface area contributed by atoms with Crippen LogP contribution in [0.4, 0.5) is 0 Å². The Hall–Kier alpha value is -1.59. The van der Waals surface area contributed by atoms with Crippen molar-refractivity contribution < 1.29 is 23.7 Å². The van der Waals surface area contributed by atoms with Crippen LogP contribution in [0.1, 0.15) is 6.42 Å². The Morgan fingerprint density at radius 3 is 2.63 bits per heavy atom. The van der Waals surface area contributed by atoms with Crippen LogP contribution < -0.4 is 9.47 Å². The molecule has 5 heteroatoms. The molecule has 1 aliphatic rings. The van der Waals surface area contributed by atoms with E-state index in [-0.39, 0.29) is 18.5 Å². The minimum atomic E-state index is 0.00202. The van der Waals surface area contributed by atoms with Crippen LogP contribution in [0.5, 0.6) is 11.5 Å². The summed E-state index contributed by atoms with van der Waals surface area (Å²) in [5, 5.41) is 0. The van der Waals surface area contributed by atoms with Gasteiger partial charge in [0.1, 0.15) is 19.3 Å². The molecule has 1 aliphatic heterocycles. The van der Waals surface area contributed by atoms with Crippen LogP contribution in [0.3, 0.4) is 0 Å². The van der Waals surface area contributed by atoms with E-state index in [1.54, 1.807) is 13.2 Å². The summed E-state index contributed by atoms with van der Waals surface area (Å²) in [4.78, 5) is 11.5. The van der Waals surface area contributed by atoms with E-state index in [1.165, 1.54) is 0 Å². The standard InChI is InChI=1S/C14H18O5/c1-16-7-6-11(15)8-18-13-4-2-3-5-14(13)19-10-12-9-17-12/h2-5,12H,6-10H2,1H3. The molecular formula is C14H18O5. The SMILES string of the molecule is COCCC(=O)COc1ccccc1OCC1CO1. The molecule has 0 saturated carbocycles. The fourth-order valence-electron chi connectivity index (χ4n) is 1.48. The number of carbonyl (C=O) groups excluding carboxylic acids is 1. The lowest BCUT2D eigenvalue weighted by Gasteiger charge is -2.11. The minimum Gasteiger partial charge on any atom is -0.487 e. The zero-order valence-corrected chi connectivity index (χ0v) is 11.0. The number of rotatable bonds is 9. The number of ether oxygens (including phenoxy) is 4. The smallest absolute Gasteiger partial charge is 0.172 e. The number of hydrogen-bond acceptors (Lipinski definition) is 5. The molecular weight excluding hydrogens is 248 g/mol. The van der Waals surface area contributed by atoms with Gasteiger partial charge < -0.3 is 18.9 Å². The van der Waals surface area contributed by atoms with Crippen molar-refractivity contribution in [2.45, 2.75) is 12.5 Å². The van der Waals surface area contributed by atoms with Gasteiger partial charge in [0.05, 0.1) is 13.2 Å². The van der Waals surface area contributed by atoms with E-state index in [4.69, 9.17) is 18.9 Å². The van der Waals surface area contributed by atoms with Crippen molar-refractivity contribution in [3.05, 3.63) is 24.3 Å². The second-order valence-corrected chi connectivity index (χ2v) is 4.28. The van der Waals surface area contributed by atoms with Crippen LogP contribution in [0.15, 0.2) is 24.3 Å². The molecule has 0 N–H and O–H groups in total. The summed E-state index contributed by atoms with van der Waals surface area (Å²) in [6.07, 6.45) is 0.548. The molecule has 0 aliphatic carbocycles. The van der Waals surface area contributed by atoms with Gasteiger partial charge in [0.2, 0.25) is 0 Å². The van der Waals surface area contributed by atoms with Crippen LogP contribution in [-0.4, -0.2) is 45.4 Å². The quantitative estimate of drug-likeness (QED) is 0.633. The number of Topliss-reactive ketones (excluding diaryl/α,β-unsaturated/α-hetero) is 1. The van der Waals surface area contributed by atoms with E-state index in [9.17, 15) is 4.79 Å². The molecule has 104 valence electrons. The van der Waals surface area contributed by atoms with Gasteiger partial charge in [-0.15, -0.1) is 0 Å². The van der Waals surface area contributed by atoms with Gasteiger partial charge in [-0.2, -0.15) is 0 Å². The first kappa shape index (κ1) is 13.8. The van der Waals surface area contributed by atoms with Crippen molar-refractivity contribution in [1.82, 2.24) is 0 Å². The van der Waals surface area contributed by atoms with Crippen LogP contribution in [0, 0.1) is 0 Å². The first-order valence-corrected chi connectivity index (χ1v) is 6.26. The summed E-state index contributed by atoms with van der Waals surface area (Å²) in [5.74, 6) is 1.22. The summed E-state index contributed by atoms with van der Waals surface area (Å²) in [5.41, 5.74) is 0. The summed E-state index contributed by atoms with van der Waals surface area (Å²) < 4.78 is 21.0. The third-order valence-electron chi connectivity index (χ3n) is 2.65. The highest BCUT2D eigenvalue weighted by Gasteiger charge is 2.23. The molecule has 1 heterocycles. The van der Waals surface area contributed by atoms with Gasteiger partial charge >= 0.3 is 0 Å². The number of methoxy groups -OCH3 is 1. The van der Waals surface area contributed by atoms with Gasteiger partial charge in [-0.1, -0.05) is 12.1 Å². The normalized spacial score (nSPS) is 17.0. The number of carbonyl (C=O) groups is 1. The van der Waals surface area contributed by atoms with Crippen molar-refractivity contribution in [2.24, 2.45) is 0 Å². The van der Waals surface area contributed by atoms with Crippen molar-refractivity contribution in [1.29, 1.82) is 0 Å². The first-order valence-electron chi connectivity index (χ1n) is 6.26. The van der Waals surface area contributed by atoms with Crippen molar-refractivity contribution >= 4 is 5.78 Å². The molecule has 19 heavy (non-hydrogen) atoms. The lowest BCUT2D eigenvalue weighted by atomic mass is 10.3. The monoisotopic (exact) mass is 266 g/mol. The first-order chi connectivity index (χ1) is 9.29. The van der Waals surface area contributed by atoms with Crippen molar-refractivity contribution in [3.63, 3.8) is 0 Å². The Kier molecular flexibility index (Phi) is 5.18. The third kappa shape index (κ3) is 4.89. The lowest BCUT2D eigenvalue weighted by molar-refractivity contribution is -0.121. The highest BCUT2D eigenvalue weighted by atomic mass is 16.6. The van der Waals surface area contributed by atoms with E-state index in [0.29, 0.717) is 31.1 Å². The van der Waals surface area contributed by atoms with Crippen LogP contribution >= 0.6 is 0 Å². The maximum absolute atomic E-state index is 11.5. The Morgan fingerprint density at radius 1 is 1.32 bits per heavy atom. The van der Waals surface area contributed by atoms with E-state index in [2.05, 4.69) is 0 Å². The van der Waals surface area contributed by atoms with Crippen LogP contribution in [-0.2, 0) is 14.3 Å². The van der Waals surface area contributed by atoms with Crippen LogP contribution in [0.2, 0.25) is 0 Å². The zero-order valence-electron chi connectivity index (χ0n) is 11.0. The molecule has 0 bridgehead atoms. The maximum atomic E-state index is 11.5. The summed E-state index contributed by atoms with van der Waals surface area (Å²) >= 11 is 0. The number of benzene rings is 1. The number of epoxide rings is 1. The van der Waals surface area contributed by atoms with Crippen molar-refractivity contribution in [2.75, 3.05) is 33.5 Å². The highest BCUT2D eigenvalue weighted by Crippen LogP contribution is 2.27. The molecule has 1 unspecified atom stereocenters. The molecule has 0 radical (unpaired) electrons. The Bertz CT molecular complexity index is 414.